The van der Waals surface area contributed by atoms with Crippen LogP contribution in [0.1, 0.15) is 32.1 Å². The summed E-state index contributed by atoms with van der Waals surface area (Å²) < 4.78 is 4.35. The molecule has 0 spiro atoms. The van der Waals surface area contributed by atoms with Crippen LogP contribution in [0.2, 0.25) is 0 Å². The van der Waals surface area contributed by atoms with E-state index >= 15 is 0 Å². The Labute approximate surface area is 90.1 Å². The average Bonchev–Trinajstić information content (AvgIpc) is 2.27. The maximum Gasteiger partial charge on any atom is 0.384 e. The summed E-state index contributed by atoms with van der Waals surface area (Å²) in [5.74, 6) is 4.10. The lowest BCUT2D eigenvalue weighted by molar-refractivity contribution is -0.133. The van der Waals surface area contributed by atoms with Gasteiger partial charge in [0.2, 0.25) is 0 Å². The Balaban J connectivity index is 2.40. The number of carbonyl (C=O) groups excluding carboxylic acids is 1. The first-order valence-corrected chi connectivity index (χ1v) is 5.18. The minimum absolute atomic E-state index is 0.546. The molecule has 0 aromatic rings. The zero-order chi connectivity index (χ0) is 11.1. The summed E-state index contributed by atoms with van der Waals surface area (Å²) in [6, 6.07) is 0. The van der Waals surface area contributed by atoms with Gasteiger partial charge in [0, 0.05) is 12.3 Å². The Morgan fingerprint density at radius 3 is 3.07 bits per heavy atom. The van der Waals surface area contributed by atoms with E-state index in [-0.39, 0.29) is 0 Å². The van der Waals surface area contributed by atoms with E-state index in [1.165, 1.54) is 25.5 Å². The van der Waals surface area contributed by atoms with E-state index in [0.717, 1.165) is 12.8 Å². The van der Waals surface area contributed by atoms with Crippen LogP contribution < -0.4 is 0 Å². The lowest BCUT2D eigenvalue weighted by Crippen LogP contribution is -2.07. The van der Waals surface area contributed by atoms with Crippen LogP contribution >= 0.6 is 0 Å². The minimum Gasteiger partial charge on any atom is -0.459 e. The van der Waals surface area contributed by atoms with Crippen molar-refractivity contribution in [1.82, 2.24) is 0 Å². The summed E-state index contributed by atoms with van der Waals surface area (Å²) in [5, 5.41) is 9.52. The second-order valence-corrected chi connectivity index (χ2v) is 3.59. The third-order valence-electron chi connectivity index (χ3n) is 2.37. The van der Waals surface area contributed by atoms with Gasteiger partial charge < -0.3 is 9.84 Å². The molecule has 15 heavy (non-hydrogen) atoms. The van der Waals surface area contributed by atoms with Crippen LogP contribution in [0.15, 0.2) is 11.6 Å². The van der Waals surface area contributed by atoms with Crippen molar-refractivity contribution in [2.24, 2.45) is 0 Å². The highest BCUT2D eigenvalue weighted by Gasteiger charge is 2.08. The first kappa shape index (κ1) is 11.8. The van der Waals surface area contributed by atoms with Crippen LogP contribution in [0, 0.1) is 11.8 Å². The molecule has 3 heteroatoms. The van der Waals surface area contributed by atoms with Crippen LogP contribution in [0.3, 0.4) is 0 Å². The van der Waals surface area contributed by atoms with Crippen LogP contribution in [0.5, 0.6) is 0 Å². The van der Waals surface area contributed by atoms with Gasteiger partial charge in [-0.3, -0.25) is 0 Å². The molecule has 0 saturated heterocycles. The average molecular weight is 208 g/mol. The second-order valence-electron chi connectivity index (χ2n) is 3.59. The number of ether oxygens (including phenoxy) is 1. The molecule has 1 aliphatic rings. The van der Waals surface area contributed by atoms with Crippen molar-refractivity contribution in [3.8, 4) is 11.8 Å². The van der Waals surface area contributed by atoms with Crippen molar-refractivity contribution >= 4 is 5.97 Å². The smallest absolute Gasteiger partial charge is 0.384 e. The second kappa shape index (κ2) is 6.26. The van der Waals surface area contributed by atoms with E-state index < -0.39 is 12.1 Å². The van der Waals surface area contributed by atoms with Gasteiger partial charge in [0.25, 0.3) is 0 Å². The van der Waals surface area contributed by atoms with Crippen LogP contribution in [-0.2, 0) is 9.53 Å². The van der Waals surface area contributed by atoms with Gasteiger partial charge in [0.15, 0.2) is 0 Å². The first-order chi connectivity index (χ1) is 7.22. The van der Waals surface area contributed by atoms with E-state index in [0.29, 0.717) is 6.42 Å². The SMILES string of the molecule is COC(=O)C#C[C@H](O)CC1=CCCCC1. The number of aliphatic hydroxyl groups excluding tert-OH is 1. The van der Waals surface area contributed by atoms with E-state index in [4.69, 9.17) is 0 Å². The Bertz CT molecular complexity index is 307. The topological polar surface area (TPSA) is 46.5 Å². The summed E-state index contributed by atoms with van der Waals surface area (Å²) in [6.45, 7) is 0. The molecule has 3 nitrogen and oxygen atoms in total. The molecule has 0 amide bonds. The fourth-order valence-electron chi connectivity index (χ4n) is 1.58. The van der Waals surface area contributed by atoms with Crippen LogP contribution in [0.25, 0.3) is 0 Å². The molecule has 1 rings (SSSR count). The fourth-order valence-corrected chi connectivity index (χ4v) is 1.58. The Kier molecular flexibility index (Phi) is 4.92. The third kappa shape index (κ3) is 4.66. The molecule has 1 atom stereocenters. The normalized spacial score (nSPS) is 17.1. The van der Waals surface area contributed by atoms with Gasteiger partial charge in [-0.05, 0) is 25.7 Å². The quantitative estimate of drug-likeness (QED) is 0.323. The van der Waals surface area contributed by atoms with Crippen molar-refractivity contribution in [1.29, 1.82) is 0 Å². The maximum absolute atomic E-state index is 10.7. The van der Waals surface area contributed by atoms with Gasteiger partial charge >= 0.3 is 5.97 Å². The Morgan fingerprint density at radius 1 is 1.67 bits per heavy atom. The molecular formula is C12H16O3. The number of esters is 1. The summed E-state index contributed by atoms with van der Waals surface area (Å²) in [4.78, 5) is 10.7. The molecule has 0 saturated carbocycles. The van der Waals surface area contributed by atoms with Gasteiger partial charge in [-0.1, -0.05) is 17.6 Å². The Hall–Kier alpha value is -1.27. The predicted octanol–water partition coefficient (Wildman–Crippen LogP) is 1.41. The van der Waals surface area contributed by atoms with Gasteiger partial charge in [-0.15, -0.1) is 0 Å². The molecule has 0 aliphatic heterocycles. The molecule has 1 aliphatic carbocycles. The van der Waals surface area contributed by atoms with Crippen molar-refractivity contribution < 1.29 is 14.6 Å². The largest absolute Gasteiger partial charge is 0.459 e. The van der Waals surface area contributed by atoms with E-state index in [1.54, 1.807) is 0 Å². The molecular weight excluding hydrogens is 192 g/mol. The fraction of sp³-hybridized carbons (Fsp3) is 0.583. The molecule has 0 fully saturated rings. The lowest BCUT2D eigenvalue weighted by Gasteiger charge is -2.13. The number of methoxy groups -OCH3 is 1. The standard InChI is InChI=1S/C12H16O3/c1-15-12(14)8-7-11(13)9-10-5-3-2-4-6-10/h5,11,13H,2-4,6,9H2,1H3/t11-/m0/s1. The number of allylic oxidation sites excluding steroid dienone is 1. The Morgan fingerprint density at radius 2 is 2.47 bits per heavy atom. The third-order valence-corrected chi connectivity index (χ3v) is 2.37. The molecule has 0 aromatic carbocycles. The van der Waals surface area contributed by atoms with Gasteiger partial charge in [0.05, 0.1) is 7.11 Å². The highest BCUT2D eigenvalue weighted by atomic mass is 16.5. The summed E-state index contributed by atoms with van der Waals surface area (Å²) in [5.41, 5.74) is 1.24. The highest BCUT2D eigenvalue weighted by molar-refractivity contribution is 5.88. The molecule has 0 radical (unpaired) electrons. The number of rotatable bonds is 2. The van der Waals surface area contributed by atoms with Gasteiger partial charge in [-0.2, -0.15) is 0 Å². The molecule has 0 unspecified atom stereocenters. The summed E-state index contributed by atoms with van der Waals surface area (Å²) in [7, 11) is 1.27. The van der Waals surface area contributed by atoms with Crippen molar-refractivity contribution in [3.63, 3.8) is 0 Å². The molecule has 0 aromatic heterocycles. The molecule has 82 valence electrons. The van der Waals surface area contributed by atoms with Crippen LogP contribution in [0.4, 0.5) is 0 Å². The molecule has 1 N–H and O–H groups in total. The molecule has 0 heterocycles. The van der Waals surface area contributed by atoms with Gasteiger partial charge in [0.1, 0.15) is 6.10 Å². The van der Waals surface area contributed by atoms with Crippen molar-refractivity contribution in [2.75, 3.05) is 7.11 Å². The van der Waals surface area contributed by atoms with E-state index in [1.807, 2.05) is 0 Å². The van der Waals surface area contributed by atoms with E-state index in [2.05, 4.69) is 22.7 Å². The monoisotopic (exact) mass is 208 g/mol. The zero-order valence-electron chi connectivity index (χ0n) is 8.95. The maximum atomic E-state index is 10.7. The zero-order valence-corrected chi connectivity index (χ0v) is 8.95. The first-order valence-electron chi connectivity index (χ1n) is 5.18. The number of hydrogen-bond donors (Lipinski definition) is 1. The van der Waals surface area contributed by atoms with E-state index in [9.17, 15) is 9.90 Å². The number of aliphatic hydroxyl groups is 1. The van der Waals surface area contributed by atoms with Gasteiger partial charge in [-0.25, -0.2) is 4.79 Å². The highest BCUT2D eigenvalue weighted by Crippen LogP contribution is 2.20. The summed E-state index contributed by atoms with van der Waals surface area (Å²) in [6.07, 6.45) is 6.49. The minimum atomic E-state index is -0.756. The van der Waals surface area contributed by atoms with Crippen molar-refractivity contribution in [3.05, 3.63) is 11.6 Å². The molecule has 0 bridgehead atoms. The lowest BCUT2D eigenvalue weighted by atomic mass is 9.95. The predicted molar refractivity (Wildman–Crippen MR) is 57.0 cm³/mol. The number of hydrogen-bond acceptors (Lipinski definition) is 3. The van der Waals surface area contributed by atoms with Crippen LogP contribution in [-0.4, -0.2) is 24.3 Å². The number of carbonyl (C=O) groups is 1. The summed E-state index contributed by atoms with van der Waals surface area (Å²) >= 11 is 0. The van der Waals surface area contributed by atoms with Crippen molar-refractivity contribution in [2.45, 2.75) is 38.2 Å².